The molecule has 27 heavy (non-hydrogen) atoms. The number of hydrogen-bond donors (Lipinski definition) is 0. The Kier molecular flexibility index (Phi) is 5.81. The standard InChI is InChI=1S/C20H18F3NOS2/c1-13-9-18(14(2)24(13)11-17-7-4-8-26-17)19(25)12-27-16-6-3-5-15(10-16)20(21,22)23/h3-10H,11-12H2,1-2H3. The number of carbonyl (C=O) groups excluding carboxylic acids is 1. The van der Waals surface area contributed by atoms with Crippen molar-refractivity contribution in [2.75, 3.05) is 5.75 Å². The number of aryl methyl sites for hydroxylation is 1. The van der Waals surface area contributed by atoms with Crippen LogP contribution in [0.5, 0.6) is 0 Å². The van der Waals surface area contributed by atoms with Gasteiger partial charge in [-0.15, -0.1) is 23.1 Å². The number of carbonyl (C=O) groups is 1. The largest absolute Gasteiger partial charge is 0.416 e. The third-order valence-corrected chi connectivity index (χ3v) is 6.15. The van der Waals surface area contributed by atoms with E-state index in [1.165, 1.54) is 10.9 Å². The average Bonchev–Trinajstić information content (AvgIpc) is 3.23. The zero-order valence-electron chi connectivity index (χ0n) is 14.8. The zero-order chi connectivity index (χ0) is 19.6. The Morgan fingerprint density at radius 1 is 1.15 bits per heavy atom. The summed E-state index contributed by atoms with van der Waals surface area (Å²) in [6.07, 6.45) is -4.38. The predicted molar refractivity (Wildman–Crippen MR) is 104 cm³/mol. The van der Waals surface area contributed by atoms with Crippen LogP contribution in [-0.2, 0) is 12.7 Å². The number of thioether (sulfide) groups is 1. The summed E-state index contributed by atoms with van der Waals surface area (Å²) in [5.74, 6) is 0.0212. The van der Waals surface area contributed by atoms with E-state index >= 15 is 0 Å². The third-order valence-electron chi connectivity index (χ3n) is 4.30. The molecule has 0 aliphatic heterocycles. The molecule has 3 rings (SSSR count). The predicted octanol–water partition coefficient (Wildman–Crippen LogP) is 6.21. The molecule has 0 spiro atoms. The second kappa shape index (κ2) is 7.94. The second-order valence-electron chi connectivity index (χ2n) is 6.19. The van der Waals surface area contributed by atoms with Crippen molar-refractivity contribution in [1.82, 2.24) is 4.57 Å². The van der Waals surface area contributed by atoms with Gasteiger partial charge < -0.3 is 4.57 Å². The van der Waals surface area contributed by atoms with Gasteiger partial charge in [-0.05, 0) is 49.6 Å². The van der Waals surface area contributed by atoms with Crippen LogP contribution in [0.2, 0.25) is 0 Å². The topological polar surface area (TPSA) is 22.0 Å². The fraction of sp³-hybridized carbons (Fsp3) is 0.250. The van der Waals surface area contributed by atoms with Crippen molar-refractivity contribution >= 4 is 28.9 Å². The minimum Gasteiger partial charge on any atom is -0.343 e. The van der Waals surface area contributed by atoms with Crippen LogP contribution in [-0.4, -0.2) is 16.1 Å². The number of halogens is 3. The van der Waals surface area contributed by atoms with Gasteiger partial charge in [0.2, 0.25) is 0 Å². The quantitative estimate of drug-likeness (QED) is 0.357. The van der Waals surface area contributed by atoms with E-state index in [1.807, 2.05) is 31.4 Å². The van der Waals surface area contributed by atoms with Crippen molar-refractivity contribution in [2.24, 2.45) is 0 Å². The molecule has 0 atom stereocenters. The number of thiophene rings is 1. The number of nitrogens with zero attached hydrogens (tertiary/aromatic N) is 1. The first-order valence-corrected chi connectivity index (χ1v) is 10.1. The van der Waals surface area contributed by atoms with Gasteiger partial charge in [-0.3, -0.25) is 4.79 Å². The highest BCUT2D eigenvalue weighted by atomic mass is 32.2. The van der Waals surface area contributed by atoms with E-state index in [0.29, 0.717) is 17.0 Å². The van der Waals surface area contributed by atoms with Crippen molar-refractivity contribution in [2.45, 2.75) is 31.5 Å². The van der Waals surface area contributed by atoms with E-state index in [9.17, 15) is 18.0 Å². The molecule has 3 aromatic rings. The summed E-state index contributed by atoms with van der Waals surface area (Å²) in [6.45, 7) is 4.57. The smallest absolute Gasteiger partial charge is 0.343 e. The van der Waals surface area contributed by atoms with E-state index in [0.717, 1.165) is 35.3 Å². The summed E-state index contributed by atoms with van der Waals surface area (Å²) in [5.41, 5.74) is 1.81. The van der Waals surface area contributed by atoms with Gasteiger partial charge >= 0.3 is 6.18 Å². The van der Waals surface area contributed by atoms with Crippen LogP contribution in [0.1, 0.15) is 32.2 Å². The van der Waals surface area contributed by atoms with Gasteiger partial charge in [0.1, 0.15) is 0 Å². The van der Waals surface area contributed by atoms with Crippen LogP contribution in [0, 0.1) is 13.8 Å². The van der Waals surface area contributed by atoms with Crippen molar-refractivity contribution in [3.8, 4) is 0 Å². The molecule has 0 bridgehead atoms. The molecule has 0 saturated heterocycles. The molecule has 0 saturated carbocycles. The molecule has 7 heteroatoms. The lowest BCUT2D eigenvalue weighted by molar-refractivity contribution is -0.137. The fourth-order valence-corrected chi connectivity index (χ4v) is 4.41. The molecule has 0 aliphatic carbocycles. The molecule has 0 unspecified atom stereocenters. The van der Waals surface area contributed by atoms with Crippen molar-refractivity contribution in [3.63, 3.8) is 0 Å². The Bertz CT molecular complexity index is 943. The van der Waals surface area contributed by atoms with Gasteiger partial charge in [0.05, 0.1) is 17.9 Å². The maximum absolute atomic E-state index is 12.8. The van der Waals surface area contributed by atoms with Gasteiger partial charge in [-0.2, -0.15) is 13.2 Å². The van der Waals surface area contributed by atoms with Crippen LogP contribution in [0.15, 0.2) is 52.7 Å². The number of rotatable bonds is 6. The number of alkyl halides is 3. The molecule has 2 aromatic heterocycles. The summed E-state index contributed by atoms with van der Waals surface area (Å²) in [4.78, 5) is 14.3. The lowest BCUT2D eigenvalue weighted by Crippen LogP contribution is -2.07. The van der Waals surface area contributed by atoms with E-state index in [1.54, 1.807) is 17.4 Å². The first-order chi connectivity index (χ1) is 12.8. The minimum absolute atomic E-state index is 0.0806. The van der Waals surface area contributed by atoms with Crippen molar-refractivity contribution < 1.29 is 18.0 Å². The number of Topliss-reactive ketones (excluding diaryl/α,β-unsaturated/α-hetero) is 1. The molecular weight excluding hydrogens is 391 g/mol. The molecule has 2 heterocycles. The fourth-order valence-electron chi connectivity index (χ4n) is 2.87. The lowest BCUT2D eigenvalue weighted by Gasteiger charge is -2.09. The molecule has 0 amide bonds. The Labute approximate surface area is 164 Å². The lowest BCUT2D eigenvalue weighted by atomic mass is 10.2. The number of ketones is 1. The normalized spacial score (nSPS) is 11.7. The molecule has 142 valence electrons. The molecular formula is C20H18F3NOS2. The van der Waals surface area contributed by atoms with Gasteiger partial charge in [0.25, 0.3) is 0 Å². The summed E-state index contributed by atoms with van der Waals surface area (Å²) in [5, 5.41) is 2.02. The minimum atomic E-state index is -4.38. The van der Waals surface area contributed by atoms with Gasteiger partial charge in [0, 0.05) is 26.7 Å². The highest BCUT2D eigenvalue weighted by Crippen LogP contribution is 2.32. The van der Waals surface area contributed by atoms with Crippen molar-refractivity contribution in [3.05, 3.63) is 75.2 Å². The number of aromatic nitrogens is 1. The summed E-state index contributed by atoms with van der Waals surface area (Å²) >= 11 is 2.79. The first kappa shape index (κ1) is 19.8. The summed E-state index contributed by atoms with van der Waals surface area (Å²) < 4.78 is 40.5. The zero-order valence-corrected chi connectivity index (χ0v) is 16.5. The van der Waals surface area contributed by atoms with Crippen LogP contribution in [0.4, 0.5) is 13.2 Å². The summed E-state index contributed by atoms with van der Waals surface area (Å²) in [7, 11) is 0. The maximum Gasteiger partial charge on any atom is 0.416 e. The molecule has 0 radical (unpaired) electrons. The number of hydrogen-bond acceptors (Lipinski definition) is 3. The highest BCUT2D eigenvalue weighted by molar-refractivity contribution is 8.00. The SMILES string of the molecule is Cc1cc(C(=O)CSc2cccc(C(F)(F)F)c2)c(C)n1Cc1cccs1. The third kappa shape index (κ3) is 4.65. The maximum atomic E-state index is 12.8. The highest BCUT2D eigenvalue weighted by Gasteiger charge is 2.30. The van der Waals surface area contributed by atoms with Crippen LogP contribution in [0.25, 0.3) is 0 Å². The Hall–Kier alpha value is -1.99. The van der Waals surface area contributed by atoms with E-state index < -0.39 is 11.7 Å². The molecule has 0 fully saturated rings. The molecule has 1 aromatic carbocycles. The first-order valence-electron chi connectivity index (χ1n) is 8.28. The van der Waals surface area contributed by atoms with Gasteiger partial charge in [-0.25, -0.2) is 0 Å². The van der Waals surface area contributed by atoms with Gasteiger partial charge in [0.15, 0.2) is 5.78 Å². The van der Waals surface area contributed by atoms with Crippen LogP contribution in [0.3, 0.4) is 0 Å². The van der Waals surface area contributed by atoms with Crippen molar-refractivity contribution in [1.29, 1.82) is 0 Å². The van der Waals surface area contributed by atoms with E-state index in [-0.39, 0.29) is 11.5 Å². The van der Waals surface area contributed by atoms with Crippen LogP contribution >= 0.6 is 23.1 Å². The Balaban J connectivity index is 1.72. The van der Waals surface area contributed by atoms with E-state index in [4.69, 9.17) is 0 Å². The molecule has 0 aliphatic rings. The van der Waals surface area contributed by atoms with E-state index in [2.05, 4.69) is 10.6 Å². The van der Waals surface area contributed by atoms with Crippen LogP contribution < -0.4 is 0 Å². The number of benzene rings is 1. The molecule has 2 nitrogen and oxygen atoms in total. The second-order valence-corrected chi connectivity index (χ2v) is 8.27. The van der Waals surface area contributed by atoms with Gasteiger partial charge in [-0.1, -0.05) is 12.1 Å². The summed E-state index contributed by atoms with van der Waals surface area (Å²) in [6, 6.07) is 11.0. The molecule has 0 N–H and O–H groups in total. The monoisotopic (exact) mass is 409 g/mol. The Morgan fingerprint density at radius 2 is 1.93 bits per heavy atom. The average molecular weight is 409 g/mol. The Morgan fingerprint density at radius 3 is 2.59 bits per heavy atom.